The highest BCUT2D eigenvalue weighted by atomic mass is 16.5. The minimum Gasteiger partial charge on any atom is -0.447 e. The number of esters is 1. The van der Waals surface area contributed by atoms with Gasteiger partial charge >= 0.3 is 5.97 Å². The van der Waals surface area contributed by atoms with Crippen LogP contribution in [0.5, 0.6) is 0 Å². The van der Waals surface area contributed by atoms with Crippen LogP contribution in [0, 0.1) is 6.92 Å². The van der Waals surface area contributed by atoms with Crippen LogP contribution < -0.4 is 5.32 Å². The van der Waals surface area contributed by atoms with Crippen LogP contribution in [-0.2, 0) is 22.4 Å². The first kappa shape index (κ1) is 18.9. The molecule has 0 spiro atoms. The molecule has 29 heavy (non-hydrogen) atoms. The number of hydrogen-bond donors (Lipinski definition) is 1. The molecule has 0 fully saturated rings. The first-order chi connectivity index (χ1) is 14.1. The Hall–Kier alpha value is -3.42. The number of aromatic nitrogens is 3. The number of hydrogen-bond acceptors (Lipinski definition) is 6. The number of benzene rings is 1. The standard InChI is InChI=1S/C21H22N4O4/c1-3-17(20(26)22-18-12-13(2)29-24-18)28-21(27)19-15-10-7-11-16(15)25(23-19)14-8-5-4-6-9-14/h4-6,8-9,12,17H,3,7,10-11H2,1-2H3,(H,22,24,26)/t17-/m1/s1. The van der Waals surface area contributed by atoms with Crippen LogP contribution in [0.1, 0.15) is 47.3 Å². The Morgan fingerprint density at radius 2 is 2.07 bits per heavy atom. The van der Waals surface area contributed by atoms with Crippen LogP contribution in [0.4, 0.5) is 5.82 Å². The van der Waals surface area contributed by atoms with Gasteiger partial charge in [0.2, 0.25) is 0 Å². The van der Waals surface area contributed by atoms with Gasteiger partial charge in [-0.3, -0.25) is 4.79 Å². The van der Waals surface area contributed by atoms with Gasteiger partial charge in [-0.15, -0.1) is 0 Å². The van der Waals surface area contributed by atoms with Crippen LogP contribution >= 0.6 is 0 Å². The zero-order chi connectivity index (χ0) is 20.4. The summed E-state index contributed by atoms with van der Waals surface area (Å²) in [6.07, 6.45) is 1.97. The SMILES string of the molecule is CC[C@@H](OC(=O)c1nn(-c2ccccc2)c2c1CCC2)C(=O)Nc1cc(C)on1. The van der Waals surface area contributed by atoms with Crippen molar-refractivity contribution >= 4 is 17.7 Å². The number of rotatable bonds is 6. The van der Waals surface area contributed by atoms with Crippen molar-refractivity contribution in [3.8, 4) is 5.69 Å². The van der Waals surface area contributed by atoms with E-state index in [1.54, 1.807) is 24.6 Å². The van der Waals surface area contributed by atoms with E-state index in [4.69, 9.17) is 9.26 Å². The summed E-state index contributed by atoms with van der Waals surface area (Å²) in [6.45, 7) is 3.50. The number of amides is 1. The summed E-state index contributed by atoms with van der Waals surface area (Å²) in [6, 6.07) is 11.3. The zero-order valence-electron chi connectivity index (χ0n) is 16.3. The van der Waals surface area contributed by atoms with Gasteiger partial charge in [0.25, 0.3) is 5.91 Å². The molecule has 1 aromatic carbocycles. The average Bonchev–Trinajstić information content (AvgIpc) is 3.43. The van der Waals surface area contributed by atoms with Crippen molar-refractivity contribution in [3.05, 3.63) is 59.1 Å². The average molecular weight is 394 g/mol. The van der Waals surface area contributed by atoms with Gasteiger partial charge in [-0.25, -0.2) is 9.48 Å². The summed E-state index contributed by atoms with van der Waals surface area (Å²) in [4.78, 5) is 25.4. The lowest BCUT2D eigenvalue weighted by Gasteiger charge is -2.14. The molecule has 0 aliphatic heterocycles. The van der Waals surface area contributed by atoms with Crippen molar-refractivity contribution in [3.63, 3.8) is 0 Å². The van der Waals surface area contributed by atoms with E-state index in [1.807, 2.05) is 30.3 Å². The van der Waals surface area contributed by atoms with Crippen molar-refractivity contribution in [1.82, 2.24) is 14.9 Å². The lowest BCUT2D eigenvalue weighted by atomic mass is 10.2. The van der Waals surface area contributed by atoms with E-state index < -0.39 is 18.0 Å². The molecule has 8 heteroatoms. The van der Waals surface area contributed by atoms with Gasteiger partial charge in [0.1, 0.15) is 5.76 Å². The highest BCUT2D eigenvalue weighted by Gasteiger charge is 2.30. The maximum atomic E-state index is 12.9. The van der Waals surface area contributed by atoms with Crippen molar-refractivity contribution in [2.24, 2.45) is 0 Å². The summed E-state index contributed by atoms with van der Waals surface area (Å²) in [5.41, 5.74) is 3.11. The van der Waals surface area contributed by atoms with Gasteiger partial charge in [0.15, 0.2) is 17.6 Å². The fourth-order valence-electron chi connectivity index (χ4n) is 3.52. The predicted molar refractivity (Wildman–Crippen MR) is 105 cm³/mol. The van der Waals surface area contributed by atoms with Crippen molar-refractivity contribution < 1.29 is 18.8 Å². The highest BCUT2D eigenvalue weighted by Crippen LogP contribution is 2.28. The summed E-state index contributed by atoms with van der Waals surface area (Å²) in [5, 5.41) is 10.9. The normalized spacial score (nSPS) is 13.7. The van der Waals surface area contributed by atoms with Crippen molar-refractivity contribution in [2.75, 3.05) is 5.32 Å². The third-order valence-electron chi connectivity index (χ3n) is 4.92. The Kier molecular flexibility index (Phi) is 5.16. The van der Waals surface area contributed by atoms with E-state index in [0.29, 0.717) is 12.2 Å². The molecule has 0 saturated carbocycles. The van der Waals surface area contributed by atoms with E-state index in [9.17, 15) is 9.59 Å². The second kappa shape index (κ2) is 7.90. The minimum absolute atomic E-state index is 0.282. The molecule has 3 aromatic rings. The van der Waals surface area contributed by atoms with E-state index in [-0.39, 0.29) is 11.5 Å². The van der Waals surface area contributed by atoms with E-state index in [2.05, 4.69) is 15.6 Å². The Morgan fingerprint density at radius 1 is 1.28 bits per heavy atom. The third kappa shape index (κ3) is 3.78. The molecule has 150 valence electrons. The molecule has 2 heterocycles. The van der Waals surface area contributed by atoms with Crippen LogP contribution in [0.15, 0.2) is 40.9 Å². The molecule has 1 aliphatic carbocycles. The van der Waals surface area contributed by atoms with Crippen LogP contribution in [0.3, 0.4) is 0 Å². The fraction of sp³-hybridized carbons (Fsp3) is 0.333. The van der Waals surface area contributed by atoms with Gasteiger partial charge in [-0.1, -0.05) is 30.3 Å². The van der Waals surface area contributed by atoms with Crippen LogP contribution in [0.2, 0.25) is 0 Å². The maximum Gasteiger partial charge on any atom is 0.359 e. The monoisotopic (exact) mass is 394 g/mol. The molecule has 1 amide bonds. The molecule has 1 atom stereocenters. The second-order valence-electron chi connectivity index (χ2n) is 6.99. The Balaban J connectivity index is 1.54. The number of nitrogens with one attached hydrogen (secondary N) is 1. The first-order valence-electron chi connectivity index (χ1n) is 9.68. The van der Waals surface area contributed by atoms with E-state index >= 15 is 0 Å². The molecule has 0 unspecified atom stereocenters. The summed E-state index contributed by atoms with van der Waals surface area (Å²) in [5.74, 6) is -0.173. The number of ether oxygens (including phenoxy) is 1. The van der Waals surface area contributed by atoms with Gasteiger partial charge in [-0.05, 0) is 44.7 Å². The molecule has 0 bridgehead atoms. The summed E-state index contributed by atoms with van der Waals surface area (Å²) in [7, 11) is 0. The topological polar surface area (TPSA) is 99.2 Å². The number of nitrogens with zero attached hydrogens (tertiary/aromatic N) is 3. The highest BCUT2D eigenvalue weighted by molar-refractivity contribution is 5.97. The second-order valence-corrected chi connectivity index (χ2v) is 6.99. The lowest BCUT2D eigenvalue weighted by molar-refractivity contribution is -0.124. The van der Waals surface area contributed by atoms with E-state index in [1.165, 1.54) is 0 Å². The lowest BCUT2D eigenvalue weighted by Crippen LogP contribution is -2.32. The van der Waals surface area contributed by atoms with Gasteiger partial charge in [0.05, 0.1) is 5.69 Å². The molecular formula is C21H22N4O4. The Labute approximate surface area is 167 Å². The predicted octanol–water partition coefficient (Wildman–Crippen LogP) is 3.23. The van der Waals surface area contributed by atoms with Crippen LogP contribution in [0.25, 0.3) is 5.69 Å². The molecule has 4 rings (SSSR count). The molecule has 1 N–H and O–H groups in total. The minimum atomic E-state index is -0.946. The number of carbonyl (C=O) groups excluding carboxylic acids is 2. The summed E-state index contributed by atoms with van der Waals surface area (Å²) >= 11 is 0. The molecule has 0 radical (unpaired) electrons. The third-order valence-corrected chi connectivity index (χ3v) is 4.92. The molecule has 1 aliphatic rings. The van der Waals surface area contributed by atoms with Crippen molar-refractivity contribution in [1.29, 1.82) is 0 Å². The Bertz CT molecular complexity index is 1040. The molecule has 8 nitrogen and oxygen atoms in total. The zero-order valence-corrected chi connectivity index (χ0v) is 16.3. The number of aryl methyl sites for hydroxylation is 1. The number of carbonyl (C=O) groups is 2. The number of para-hydroxylation sites is 1. The largest absolute Gasteiger partial charge is 0.447 e. The quantitative estimate of drug-likeness (QED) is 0.645. The smallest absolute Gasteiger partial charge is 0.359 e. The Morgan fingerprint density at radius 3 is 2.76 bits per heavy atom. The molecule has 0 saturated heterocycles. The van der Waals surface area contributed by atoms with E-state index in [0.717, 1.165) is 36.2 Å². The molecular weight excluding hydrogens is 372 g/mol. The first-order valence-corrected chi connectivity index (χ1v) is 9.68. The molecule has 2 aromatic heterocycles. The maximum absolute atomic E-state index is 12.9. The number of fused-ring (bicyclic) bond motifs is 1. The van der Waals surface area contributed by atoms with Crippen LogP contribution in [-0.4, -0.2) is 32.9 Å². The summed E-state index contributed by atoms with van der Waals surface area (Å²) < 4.78 is 12.3. The fourth-order valence-corrected chi connectivity index (χ4v) is 3.52. The van der Waals surface area contributed by atoms with Crippen molar-refractivity contribution in [2.45, 2.75) is 45.6 Å². The van der Waals surface area contributed by atoms with Gasteiger partial charge in [0, 0.05) is 17.3 Å². The number of anilines is 1. The van der Waals surface area contributed by atoms with Gasteiger partial charge in [-0.2, -0.15) is 5.10 Å². The van der Waals surface area contributed by atoms with Gasteiger partial charge < -0.3 is 14.6 Å².